The zero-order chi connectivity index (χ0) is 10.5. The molecule has 0 aromatic rings. The summed E-state index contributed by atoms with van der Waals surface area (Å²) in [4.78, 5) is 0. The summed E-state index contributed by atoms with van der Waals surface area (Å²) in [5.41, 5.74) is 0. The van der Waals surface area contributed by atoms with Gasteiger partial charge in [0.1, 0.15) is 0 Å². The van der Waals surface area contributed by atoms with Crippen molar-refractivity contribution < 1.29 is 4.74 Å². The summed E-state index contributed by atoms with van der Waals surface area (Å²) in [5.74, 6) is 0. The molecule has 0 aromatic heterocycles. The third kappa shape index (κ3) is 4.34. The van der Waals surface area contributed by atoms with Gasteiger partial charge in [-0.25, -0.2) is 0 Å². The molecule has 1 unspecified atom stereocenters. The number of hydrogen-bond acceptors (Lipinski definition) is 2. The fourth-order valence-electron chi connectivity index (χ4n) is 1.85. The minimum absolute atomic E-state index is 0.454. The van der Waals surface area contributed by atoms with Crippen molar-refractivity contribution in [3.05, 3.63) is 0 Å². The summed E-state index contributed by atoms with van der Waals surface area (Å²) in [6.07, 6.45) is 7.83. The monoisotopic (exact) mass is 228 g/mol. The van der Waals surface area contributed by atoms with Crippen LogP contribution in [0.2, 0.25) is 0 Å². The molecule has 0 amide bonds. The van der Waals surface area contributed by atoms with E-state index in [9.17, 15) is 0 Å². The molecule has 1 saturated carbocycles. The Morgan fingerprint density at radius 2 is 2.13 bits per heavy atom. The van der Waals surface area contributed by atoms with Crippen LogP contribution in [-0.2, 0) is 4.74 Å². The predicted molar refractivity (Wildman–Crippen MR) is 65.0 cm³/mol. The maximum absolute atomic E-state index is 5.65. The molecule has 2 fully saturated rings. The number of ether oxygens (including phenoxy) is 1. The van der Waals surface area contributed by atoms with Gasteiger partial charge in [0.05, 0.1) is 6.10 Å². The second-order valence-electron chi connectivity index (χ2n) is 4.45. The van der Waals surface area contributed by atoms with Gasteiger partial charge < -0.3 is 15.4 Å². The van der Waals surface area contributed by atoms with Gasteiger partial charge in [-0.15, -0.1) is 0 Å². The topological polar surface area (TPSA) is 33.3 Å². The van der Waals surface area contributed by atoms with E-state index in [-0.39, 0.29) is 0 Å². The smallest absolute Gasteiger partial charge is 0.166 e. The Hall–Kier alpha value is -0.350. The zero-order valence-corrected chi connectivity index (χ0v) is 9.94. The van der Waals surface area contributed by atoms with Crippen LogP contribution >= 0.6 is 12.2 Å². The Kier molecular flexibility index (Phi) is 4.20. The van der Waals surface area contributed by atoms with E-state index < -0.39 is 0 Å². The SMILES string of the molecule is S=C(NCCC1CCCCO1)NC1CC1. The highest BCUT2D eigenvalue weighted by Crippen LogP contribution is 2.18. The van der Waals surface area contributed by atoms with E-state index in [1.807, 2.05) is 0 Å². The molecular formula is C11H20N2OS. The fraction of sp³-hybridized carbons (Fsp3) is 0.909. The Morgan fingerprint density at radius 1 is 1.27 bits per heavy atom. The van der Waals surface area contributed by atoms with E-state index in [1.54, 1.807) is 0 Å². The molecule has 15 heavy (non-hydrogen) atoms. The van der Waals surface area contributed by atoms with E-state index in [0.717, 1.165) is 24.7 Å². The molecule has 4 heteroatoms. The van der Waals surface area contributed by atoms with Crippen molar-refractivity contribution in [1.29, 1.82) is 0 Å². The molecular weight excluding hydrogens is 208 g/mol. The summed E-state index contributed by atoms with van der Waals surface area (Å²) >= 11 is 5.17. The second-order valence-corrected chi connectivity index (χ2v) is 4.86. The standard InChI is InChI=1S/C11H20N2OS/c15-11(13-9-4-5-9)12-7-6-10-3-1-2-8-14-10/h9-10H,1-8H2,(H2,12,13,15). The van der Waals surface area contributed by atoms with Crippen molar-refractivity contribution in [3.63, 3.8) is 0 Å². The number of thiocarbonyl (C=S) groups is 1. The molecule has 0 spiro atoms. The molecule has 2 rings (SSSR count). The van der Waals surface area contributed by atoms with Crippen LogP contribution in [0.5, 0.6) is 0 Å². The quantitative estimate of drug-likeness (QED) is 0.716. The second kappa shape index (κ2) is 5.66. The van der Waals surface area contributed by atoms with Crippen LogP contribution in [-0.4, -0.2) is 30.4 Å². The highest BCUT2D eigenvalue weighted by molar-refractivity contribution is 7.80. The Labute approximate surface area is 96.9 Å². The van der Waals surface area contributed by atoms with Gasteiger partial charge in [0.2, 0.25) is 0 Å². The lowest BCUT2D eigenvalue weighted by molar-refractivity contribution is 0.0122. The largest absolute Gasteiger partial charge is 0.378 e. The van der Waals surface area contributed by atoms with Gasteiger partial charge in [-0.05, 0) is 50.7 Å². The van der Waals surface area contributed by atoms with Crippen LogP contribution < -0.4 is 10.6 Å². The van der Waals surface area contributed by atoms with E-state index in [0.29, 0.717) is 12.1 Å². The molecule has 1 aliphatic carbocycles. The Morgan fingerprint density at radius 3 is 2.80 bits per heavy atom. The third-order valence-corrected chi connectivity index (χ3v) is 3.20. The third-order valence-electron chi connectivity index (χ3n) is 2.94. The van der Waals surface area contributed by atoms with Gasteiger partial charge in [0, 0.05) is 19.2 Å². The van der Waals surface area contributed by atoms with Gasteiger partial charge in [-0.1, -0.05) is 0 Å². The summed E-state index contributed by atoms with van der Waals surface area (Å²) in [6.45, 7) is 1.87. The molecule has 0 bridgehead atoms. The minimum Gasteiger partial charge on any atom is -0.378 e. The van der Waals surface area contributed by atoms with Crippen molar-refractivity contribution in [1.82, 2.24) is 10.6 Å². The average Bonchev–Trinajstić information content (AvgIpc) is 3.03. The maximum Gasteiger partial charge on any atom is 0.166 e. The summed E-state index contributed by atoms with van der Waals surface area (Å²) in [6, 6.07) is 0.649. The molecule has 3 nitrogen and oxygen atoms in total. The lowest BCUT2D eigenvalue weighted by Gasteiger charge is -2.22. The number of rotatable bonds is 4. The first-order valence-corrected chi connectivity index (χ1v) is 6.41. The van der Waals surface area contributed by atoms with Crippen molar-refractivity contribution in [2.45, 2.75) is 50.7 Å². The van der Waals surface area contributed by atoms with Crippen LogP contribution in [0.3, 0.4) is 0 Å². The molecule has 86 valence electrons. The van der Waals surface area contributed by atoms with Crippen LogP contribution in [0.1, 0.15) is 38.5 Å². The minimum atomic E-state index is 0.454. The first-order chi connectivity index (χ1) is 7.34. The van der Waals surface area contributed by atoms with Crippen molar-refractivity contribution in [3.8, 4) is 0 Å². The van der Waals surface area contributed by atoms with E-state index in [4.69, 9.17) is 17.0 Å². The first kappa shape index (κ1) is 11.1. The summed E-state index contributed by atoms with van der Waals surface area (Å²) in [5, 5.41) is 7.33. The number of hydrogen-bond donors (Lipinski definition) is 2. The van der Waals surface area contributed by atoms with Gasteiger partial charge in [-0.3, -0.25) is 0 Å². The Bertz CT molecular complexity index is 213. The average molecular weight is 228 g/mol. The van der Waals surface area contributed by atoms with Crippen LogP contribution in [0.25, 0.3) is 0 Å². The normalized spacial score (nSPS) is 26.0. The van der Waals surface area contributed by atoms with Gasteiger partial charge in [-0.2, -0.15) is 0 Å². The van der Waals surface area contributed by atoms with Gasteiger partial charge in [0.25, 0.3) is 0 Å². The highest BCUT2D eigenvalue weighted by atomic mass is 32.1. The predicted octanol–water partition coefficient (Wildman–Crippen LogP) is 1.57. The first-order valence-electron chi connectivity index (χ1n) is 6.00. The van der Waals surface area contributed by atoms with Crippen LogP contribution in [0, 0.1) is 0 Å². The van der Waals surface area contributed by atoms with Crippen LogP contribution in [0.15, 0.2) is 0 Å². The lowest BCUT2D eigenvalue weighted by Crippen LogP contribution is -2.38. The maximum atomic E-state index is 5.65. The van der Waals surface area contributed by atoms with Gasteiger partial charge >= 0.3 is 0 Å². The van der Waals surface area contributed by atoms with Crippen molar-refractivity contribution in [2.24, 2.45) is 0 Å². The number of nitrogens with one attached hydrogen (secondary N) is 2. The van der Waals surface area contributed by atoms with Gasteiger partial charge in [0.15, 0.2) is 5.11 Å². The molecule has 1 aliphatic heterocycles. The Balaban J connectivity index is 1.51. The molecule has 0 radical (unpaired) electrons. The molecule has 1 heterocycles. The lowest BCUT2D eigenvalue weighted by atomic mass is 10.1. The van der Waals surface area contributed by atoms with E-state index in [2.05, 4.69) is 10.6 Å². The summed E-state index contributed by atoms with van der Waals surface area (Å²) < 4.78 is 5.65. The molecule has 2 aliphatic rings. The van der Waals surface area contributed by atoms with E-state index in [1.165, 1.54) is 32.1 Å². The van der Waals surface area contributed by atoms with E-state index >= 15 is 0 Å². The highest BCUT2D eigenvalue weighted by Gasteiger charge is 2.21. The molecule has 1 atom stereocenters. The molecule has 0 aromatic carbocycles. The van der Waals surface area contributed by atoms with Crippen LogP contribution in [0.4, 0.5) is 0 Å². The molecule has 2 N–H and O–H groups in total. The van der Waals surface area contributed by atoms with Crippen molar-refractivity contribution in [2.75, 3.05) is 13.2 Å². The van der Waals surface area contributed by atoms with Crippen molar-refractivity contribution >= 4 is 17.3 Å². The fourth-order valence-corrected chi connectivity index (χ4v) is 2.11. The zero-order valence-electron chi connectivity index (χ0n) is 9.13. The molecule has 1 saturated heterocycles. The summed E-state index contributed by atoms with van der Waals surface area (Å²) in [7, 11) is 0.